The van der Waals surface area contributed by atoms with Crippen LogP contribution in [0.3, 0.4) is 0 Å². The molecule has 0 aliphatic carbocycles. The maximum absolute atomic E-state index is 11.6. The van der Waals surface area contributed by atoms with Gasteiger partial charge in [-0.25, -0.2) is 4.98 Å². The Kier molecular flexibility index (Phi) is 4.43. The van der Waals surface area contributed by atoms with Gasteiger partial charge in [-0.15, -0.1) is 0 Å². The molecule has 1 amide bonds. The second-order valence-corrected chi connectivity index (χ2v) is 9.45. The number of carbonyl (C=O) groups excluding carboxylic acids is 1. The average molecular weight is 435 g/mol. The summed E-state index contributed by atoms with van der Waals surface area (Å²) in [7, 11) is 0. The standard InChI is InChI=1S/C23H22N4O3S/c1-14(28)27-11-16-9-26(10-17(16)12-27)13-19-8-15-7-18(4-5-20(15)29-19)30-23-25-22-21(31-23)3-2-6-24-22/h2-8,16-17H,9-13H2,1H3. The number of carbonyl (C=O) groups is 1. The van der Waals surface area contributed by atoms with Crippen molar-refractivity contribution in [3.63, 3.8) is 0 Å². The van der Waals surface area contributed by atoms with Crippen LogP contribution in [0, 0.1) is 11.8 Å². The van der Waals surface area contributed by atoms with Crippen molar-refractivity contribution in [2.24, 2.45) is 11.8 Å². The molecule has 8 heteroatoms. The van der Waals surface area contributed by atoms with Gasteiger partial charge in [0.1, 0.15) is 17.1 Å². The lowest BCUT2D eigenvalue weighted by Crippen LogP contribution is -2.31. The topological polar surface area (TPSA) is 71.7 Å². The normalized spacial score (nSPS) is 21.3. The van der Waals surface area contributed by atoms with E-state index in [2.05, 4.69) is 20.9 Å². The maximum atomic E-state index is 11.6. The van der Waals surface area contributed by atoms with Crippen LogP contribution in [0.2, 0.25) is 0 Å². The third-order valence-corrected chi connectivity index (χ3v) is 7.16. The highest BCUT2D eigenvalue weighted by Gasteiger charge is 2.40. The van der Waals surface area contributed by atoms with Crippen LogP contribution in [0.4, 0.5) is 0 Å². The minimum absolute atomic E-state index is 0.193. The van der Waals surface area contributed by atoms with Crippen LogP contribution >= 0.6 is 11.3 Å². The van der Waals surface area contributed by atoms with Crippen LogP contribution in [0.25, 0.3) is 21.3 Å². The maximum Gasteiger partial charge on any atom is 0.281 e. The summed E-state index contributed by atoms with van der Waals surface area (Å²) in [4.78, 5) is 24.7. The lowest BCUT2D eigenvalue weighted by atomic mass is 10.0. The molecule has 2 fully saturated rings. The second kappa shape index (κ2) is 7.32. The van der Waals surface area contributed by atoms with Crippen molar-refractivity contribution >= 4 is 38.6 Å². The monoisotopic (exact) mass is 434 g/mol. The van der Waals surface area contributed by atoms with Crippen LogP contribution in [-0.2, 0) is 11.3 Å². The van der Waals surface area contributed by atoms with E-state index in [4.69, 9.17) is 9.15 Å². The minimum Gasteiger partial charge on any atom is -0.460 e. The lowest BCUT2D eigenvalue weighted by molar-refractivity contribution is -0.128. The summed E-state index contributed by atoms with van der Waals surface area (Å²) in [6.45, 7) is 6.27. The van der Waals surface area contributed by atoms with Crippen molar-refractivity contribution in [2.45, 2.75) is 13.5 Å². The number of hydrogen-bond donors (Lipinski definition) is 0. The zero-order valence-corrected chi connectivity index (χ0v) is 18.0. The Balaban J connectivity index is 1.15. The van der Waals surface area contributed by atoms with E-state index in [1.54, 1.807) is 13.1 Å². The Labute approximate surface area is 183 Å². The molecule has 5 heterocycles. The highest BCUT2D eigenvalue weighted by atomic mass is 32.1. The van der Waals surface area contributed by atoms with Crippen molar-refractivity contribution in [2.75, 3.05) is 26.2 Å². The molecule has 2 unspecified atom stereocenters. The van der Waals surface area contributed by atoms with Gasteiger partial charge in [0.05, 0.1) is 11.2 Å². The first-order chi connectivity index (χ1) is 15.1. The summed E-state index contributed by atoms with van der Waals surface area (Å²) in [5.41, 5.74) is 1.56. The number of furan rings is 1. The van der Waals surface area contributed by atoms with E-state index < -0.39 is 0 Å². The molecule has 7 nitrogen and oxygen atoms in total. The van der Waals surface area contributed by atoms with Crippen LogP contribution in [0.1, 0.15) is 12.7 Å². The number of aromatic nitrogens is 2. The second-order valence-electron chi connectivity index (χ2n) is 8.46. The molecule has 2 aliphatic rings. The molecule has 31 heavy (non-hydrogen) atoms. The van der Waals surface area contributed by atoms with Gasteiger partial charge in [-0.3, -0.25) is 9.69 Å². The predicted molar refractivity (Wildman–Crippen MR) is 118 cm³/mol. The number of ether oxygens (including phenoxy) is 1. The molecule has 0 saturated carbocycles. The van der Waals surface area contributed by atoms with Gasteiger partial charge >= 0.3 is 0 Å². The molecular formula is C23H22N4O3S. The number of pyridine rings is 1. The molecule has 0 radical (unpaired) electrons. The van der Waals surface area contributed by atoms with E-state index in [9.17, 15) is 4.79 Å². The van der Waals surface area contributed by atoms with Gasteiger partial charge in [0, 0.05) is 44.7 Å². The predicted octanol–water partition coefficient (Wildman–Crippen LogP) is 4.14. The van der Waals surface area contributed by atoms with Gasteiger partial charge in [0.2, 0.25) is 5.91 Å². The molecule has 3 aromatic heterocycles. The smallest absolute Gasteiger partial charge is 0.281 e. The van der Waals surface area contributed by atoms with Crippen LogP contribution in [0.15, 0.2) is 47.0 Å². The molecule has 2 atom stereocenters. The Hall–Kier alpha value is -2.97. The Bertz CT molecular complexity index is 1240. The molecular weight excluding hydrogens is 412 g/mol. The van der Waals surface area contributed by atoms with E-state index in [0.29, 0.717) is 22.7 Å². The molecule has 1 aromatic carbocycles. The van der Waals surface area contributed by atoms with Gasteiger partial charge in [-0.1, -0.05) is 11.3 Å². The molecule has 158 valence electrons. The summed E-state index contributed by atoms with van der Waals surface area (Å²) in [5, 5.41) is 1.61. The highest BCUT2D eigenvalue weighted by Crippen LogP contribution is 2.34. The van der Waals surface area contributed by atoms with E-state index in [-0.39, 0.29) is 5.91 Å². The minimum atomic E-state index is 0.193. The fraction of sp³-hybridized carbons (Fsp3) is 0.348. The first kappa shape index (κ1) is 18.8. The van der Waals surface area contributed by atoms with Gasteiger partial charge in [-0.05, 0) is 48.2 Å². The number of fused-ring (bicyclic) bond motifs is 3. The van der Waals surface area contributed by atoms with Gasteiger partial charge in [0.15, 0.2) is 5.65 Å². The zero-order valence-electron chi connectivity index (χ0n) is 17.2. The third-order valence-electron chi connectivity index (χ3n) is 6.28. The first-order valence-corrected chi connectivity index (χ1v) is 11.3. The Morgan fingerprint density at radius 3 is 2.81 bits per heavy atom. The van der Waals surface area contributed by atoms with Crippen molar-refractivity contribution in [1.82, 2.24) is 19.8 Å². The zero-order chi connectivity index (χ0) is 20.9. The van der Waals surface area contributed by atoms with Crippen molar-refractivity contribution in [3.8, 4) is 10.9 Å². The first-order valence-electron chi connectivity index (χ1n) is 10.5. The molecule has 2 saturated heterocycles. The lowest BCUT2D eigenvalue weighted by Gasteiger charge is -2.19. The molecule has 6 rings (SSSR count). The number of thiazole rings is 1. The van der Waals surface area contributed by atoms with Crippen molar-refractivity contribution < 1.29 is 13.9 Å². The number of amides is 1. The van der Waals surface area contributed by atoms with Gasteiger partial charge in [-0.2, -0.15) is 4.98 Å². The highest BCUT2D eigenvalue weighted by molar-refractivity contribution is 7.20. The van der Waals surface area contributed by atoms with Crippen molar-refractivity contribution in [3.05, 3.63) is 48.4 Å². The van der Waals surface area contributed by atoms with Crippen molar-refractivity contribution in [1.29, 1.82) is 0 Å². The summed E-state index contributed by atoms with van der Waals surface area (Å²) in [6, 6.07) is 11.8. The largest absolute Gasteiger partial charge is 0.460 e. The SMILES string of the molecule is CC(=O)N1CC2CN(Cc3cc4cc(Oc5nc6ncccc6s5)ccc4o3)CC2C1. The van der Waals surface area contributed by atoms with E-state index >= 15 is 0 Å². The van der Waals surface area contributed by atoms with E-state index in [0.717, 1.165) is 59.9 Å². The average Bonchev–Trinajstić information content (AvgIpc) is 3.48. The summed E-state index contributed by atoms with van der Waals surface area (Å²) >= 11 is 1.48. The number of rotatable bonds is 4. The summed E-state index contributed by atoms with van der Waals surface area (Å²) < 4.78 is 13.1. The van der Waals surface area contributed by atoms with Crippen LogP contribution in [-0.4, -0.2) is 51.9 Å². The number of likely N-dealkylation sites (tertiary alicyclic amines) is 2. The van der Waals surface area contributed by atoms with Gasteiger partial charge in [0.25, 0.3) is 5.19 Å². The molecule has 4 aromatic rings. The molecule has 2 aliphatic heterocycles. The molecule has 0 bridgehead atoms. The Morgan fingerprint density at radius 2 is 2.03 bits per heavy atom. The fourth-order valence-corrected chi connectivity index (χ4v) is 5.60. The van der Waals surface area contributed by atoms with Gasteiger partial charge < -0.3 is 14.1 Å². The fourth-order valence-electron chi connectivity index (χ4n) is 4.81. The number of benzene rings is 1. The molecule has 0 N–H and O–H groups in total. The van der Waals surface area contributed by atoms with Crippen LogP contribution < -0.4 is 4.74 Å². The van der Waals surface area contributed by atoms with E-state index in [1.165, 1.54) is 11.3 Å². The Morgan fingerprint density at radius 1 is 1.19 bits per heavy atom. The molecule has 0 spiro atoms. The summed E-state index contributed by atoms with van der Waals surface area (Å²) in [6.07, 6.45) is 1.73. The number of nitrogens with zero attached hydrogens (tertiary/aromatic N) is 4. The van der Waals surface area contributed by atoms with E-state index in [1.807, 2.05) is 35.2 Å². The van der Waals surface area contributed by atoms with Crippen LogP contribution in [0.5, 0.6) is 10.9 Å². The quantitative estimate of drug-likeness (QED) is 0.481. The summed E-state index contributed by atoms with van der Waals surface area (Å²) in [5.74, 6) is 3.05. The third kappa shape index (κ3) is 3.55. The number of hydrogen-bond acceptors (Lipinski definition) is 7.